The van der Waals surface area contributed by atoms with Gasteiger partial charge in [-0.1, -0.05) is 51.0 Å². The molecule has 0 amide bonds. The Morgan fingerprint density at radius 3 is 2.47 bits per heavy atom. The summed E-state index contributed by atoms with van der Waals surface area (Å²) in [5.41, 5.74) is 8.49. The molecule has 1 aromatic rings. The van der Waals surface area contributed by atoms with Gasteiger partial charge in [0.15, 0.2) is 5.96 Å². The molecule has 104 valence electrons. The summed E-state index contributed by atoms with van der Waals surface area (Å²) in [5.74, 6) is 1.16. The van der Waals surface area contributed by atoms with E-state index in [4.69, 9.17) is 5.73 Å². The number of nitrogens with zero attached hydrogens (tertiary/aromatic N) is 1. The molecule has 3 heteroatoms. The fourth-order valence-electron chi connectivity index (χ4n) is 2.51. The van der Waals surface area contributed by atoms with Gasteiger partial charge in [0.1, 0.15) is 0 Å². The van der Waals surface area contributed by atoms with Gasteiger partial charge in [-0.3, -0.25) is 0 Å². The normalized spacial score (nSPS) is 17.1. The highest BCUT2D eigenvalue weighted by molar-refractivity contribution is 5.78. The third kappa shape index (κ3) is 4.27. The third-order valence-corrected chi connectivity index (χ3v) is 3.79. The summed E-state index contributed by atoms with van der Waals surface area (Å²) < 4.78 is 0. The van der Waals surface area contributed by atoms with Crippen LogP contribution in [-0.2, 0) is 6.54 Å². The highest BCUT2D eigenvalue weighted by Crippen LogP contribution is 2.17. The van der Waals surface area contributed by atoms with Gasteiger partial charge in [-0.15, -0.1) is 0 Å². The van der Waals surface area contributed by atoms with Crippen molar-refractivity contribution in [2.75, 3.05) is 0 Å². The Morgan fingerprint density at radius 2 is 1.89 bits per heavy atom. The number of rotatable bonds is 4. The molecule has 1 aromatic carbocycles. The summed E-state index contributed by atoms with van der Waals surface area (Å²) in [4.78, 5) is 4.42. The molecule has 0 radical (unpaired) electrons. The lowest BCUT2D eigenvalue weighted by Gasteiger charge is -2.12. The molecule has 0 aliphatic heterocycles. The van der Waals surface area contributed by atoms with Crippen LogP contribution in [-0.4, -0.2) is 12.0 Å². The van der Waals surface area contributed by atoms with Gasteiger partial charge in [0.2, 0.25) is 0 Å². The van der Waals surface area contributed by atoms with Crippen LogP contribution in [0.4, 0.5) is 0 Å². The van der Waals surface area contributed by atoms with Crippen molar-refractivity contribution in [2.45, 2.75) is 58.0 Å². The van der Waals surface area contributed by atoms with Crippen LogP contribution in [0.3, 0.4) is 0 Å². The lowest BCUT2D eigenvalue weighted by atomic mass is 10.0. The Bertz CT molecular complexity index is 414. The van der Waals surface area contributed by atoms with Crippen molar-refractivity contribution in [1.29, 1.82) is 0 Å². The average Bonchev–Trinajstić information content (AvgIpc) is 2.89. The van der Waals surface area contributed by atoms with Crippen molar-refractivity contribution in [1.82, 2.24) is 5.32 Å². The Hall–Kier alpha value is -1.51. The van der Waals surface area contributed by atoms with E-state index < -0.39 is 0 Å². The molecule has 0 saturated heterocycles. The van der Waals surface area contributed by atoms with Crippen LogP contribution in [0, 0.1) is 0 Å². The molecular weight excluding hydrogens is 234 g/mol. The maximum absolute atomic E-state index is 5.92. The van der Waals surface area contributed by atoms with Gasteiger partial charge in [-0.05, 0) is 29.9 Å². The first-order valence-corrected chi connectivity index (χ1v) is 7.30. The Morgan fingerprint density at radius 1 is 1.26 bits per heavy atom. The van der Waals surface area contributed by atoms with Crippen LogP contribution in [0.25, 0.3) is 0 Å². The molecule has 3 nitrogen and oxygen atoms in total. The second-order valence-electron chi connectivity index (χ2n) is 5.72. The smallest absolute Gasteiger partial charge is 0.189 e. The van der Waals surface area contributed by atoms with Gasteiger partial charge in [0, 0.05) is 6.04 Å². The van der Waals surface area contributed by atoms with Gasteiger partial charge >= 0.3 is 0 Å². The van der Waals surface area contributed by atoms with Crippen molar-refractivity contribution in [3.8, 4) is 0 Å². The van der Waals surface area contributed by atoms with Crippen molar-refractivity contribution in [2.24, 2.45) is 10.7 Å². The Balaban J connectivity index is 1.86. The largest absolute Gasteiger partial charge is 0.370 e. The van der Waals surface area contributed by atoms with E-state index in [0.717, 1.165) is 0 Å². The molecule has 19 heavy (non-hydrogen) atoms. The average molecular weight is 259 g/mol. The number of hydrogen-bond donors (Lipinski definition) is 2. The maximum Gasteiger partial charge on any atom is 0.189 e. The zero-order chi connectivity index (χ0) is 13.7. The molecule has 1 saturated carbocycles. The first-order valence-electron chi connectivity index (χ1n) is 7.30. The summed E-state index contributed by atoms with van der Waals surface area (Å²) in [6.45, 7) is 5.07. The molecule has 1 aliphatic rings. The van der Waals surface area contributed by atoms with Gasteiger partial charge < -0.3 is 11.1 Å². The predicted octanol–water partition coefficient (Wildman–Crippen LogP) is 3.16. The molecule has 0 heterocycles. The standard InChI is InChI=1S/C16H25N3/c1-12(2)14-9-7-13(8-10-14)11-18-16(17)19-15-5-3-4-6-15/h7-10,12,15H,3-6,11H2,1-2H3,(H3,17,18,19). The quantitative estimate of drug-likeness (QED) is 0.644. The predicted molar refractivity (Wildman–Crippen MR) is 81.2 cm³/mol. The monoisotopic (exact) mass is 259 g/mol. The van der Waals surface area contributed by atoms with Gasteiger partial charge in [0.05, 0.1) is 6.54 Å². The second-order valence-corrected chi connectivity index (χ2v) is 5.72. The summed E-state index contributed by atoms with van der Waals surface area (Å²) >= 11 is 0. The molecule has 1 aliphatic carbocycles. The van der Waals surface area contributed by atoms with Gasteiger partial charge in [-0.25, -0.2) is 4.99 Å². The van der Waals surface area contributed by atoms with E-state index in [2.05, 4.69) is 48.4 Å². The van der Waals surface area contributed by atoms with Gasteiger partial charge in [-0.2, -0.15) is 0 Å². The molecule has 0 aromatic heterocycles. The number of benzene rings is 1. The summed E-state index contributed by atoms with van der Waals surface area (Å²) in [7, 11) is 0. The van der Waals surface area contributed by atoms with Gasteiger partial charge in [0.25, 0.3) is 0 Å². The minimum atomic E-state index is 0.534. The van der Waals surface area contributed by atoms with Crippen LogP contribution >= 0.6 is 0 Å². The zero-order valence-electron chi connectivity index (χ0n) is 12.0. The van der Waals surface area contributed by atoms with Crippen molar-refractivity contribution in [3.05, 3.63) is 35.4 Å². The van der Waals surface area contributed by atoms with Crippen LogP contribution in [0.1, 0.15) is 56.6 Å². The van der Waals surface area contributed by atoms with E-state index in [1.165, 1.54) is 36.8 Å². The highest BCUT2D eigenvalue weighted by atomic mass is 15.1. The first-order chi connectivity index (χ1) is 9.15. The van der Waals surface area contributed by atoms with E-state index in [1.807, 2.05) is 0 Å². The van der Waals surface area contributed by atoms with Crippen LogP contribution < -0.4 is 11.1 Å². The molecular formula is C16H25N3. The third-order valence-electron chi connectivity index (χ3n) is 3.79. The summed E-state index contributed by atoms with van der Waals surface area (Å²) in [5, 5.41) is 3.31. The first kappa shape index (κ1) is 13.9. The van der Waals surface area contributed by atoms with E-state index in [0.29, 0.717) is 24.5 Å². The van der Waals surface area contributed by atoms with E-state index in [1.54, 1.807) is 0 Å². The zero-order valence-corrected chi connectivity index (χ0v) is 12.0. The number of guanidine groups is 1. The summed E-state index contributed by atoms with van der Waals surface area (Å²) in [6, 6.07) is 9.17. The molecule has 0 spiro atoms. The molecule has 3 N–H and O–H groups in total. The number of aliphatic imine (C=N–C) groups is 1. The van der Waals surface area contributed by atoms with Crippen LogP contribution in [0.5, 0.6) is 0 Å². The minimum Gasteiger partial charge on any atom is -0.370 e. The Kier molecular flexibility index (Phi) is 4.83. The highest BCUT2D eigenvalue weighted by Gasteiger charge is 2.14. The fraction of sp³-hybridized carbons (Fsp3) is 0.562. The van der Waals surface area contributed by atoms with Crippen molar-refractivity contribution in [3.63, 3.8) is 0 Å². The van der Waals surface area contributed by atoms with Crippen molar-refractivity contribution >= 4 is 5.96 Å². The lowest BCUT2D eigenvalue weighted by molar-refractivity contribution is 0.625. The number of nitrogens with two attached hydrogens (primary N) is 1. The minimum absolute atomic E-state index is 0.534. The fourth-order valence-corrected chi connectivity index (χ4v) is 2.51. The molecule has 1 fully saturated rings. The molecule has 0 bridgehead atoms. The molecule has 0 unspecified atom stereocenters. The summed E-state index contributed by atoms with van der Waals surface area (Å²) in [6.07, 6.45) is 5.06. The van der Waals surface area contributed by atoms with Crippen LogP contribution in [0.2, 0.25) is 0 Å². The van der Waals surface area contributed by atoms with E-state index >= 15 is 0 Å². The number of hydrogen-bond acceptors (Lipinski definition) is 1. The van der Waals surface area contributed by atoms with Crippen LogP contribution in [0.15, 0.2) is 29.3 Å². The maximum atomic E-state index is 5.92. The van der Waals surface area contributed by atoms with E-state index in [-0.39, 0.29) is 0 Å². The van der Waals surface area contributed by atoms with Crippen molar-refractivity contribution < 1.29 is 0 Å². The van der Waals surface area contributed by atoms with E-state index in [9.17, 15) is 0 Å². The molecule has 0 atom stereocenters. The topological polar surface area (TPSA) is 50.4 Å². The second kappa shape index (κ2) is 6.60. The lowest BCUT2D eigenvalue weighted by Crippen LogP contribution is -2.38. The Labute approximate surface area is 116 Å². The number of nitrogens with one attached hydrogen (secondary N) is 1. The SMILES string of the molecule is CC(C)c1ccc(CN=C(N)NC2CCCC2)cc1. The molecule has 2 rings (SSSR count).